The van der Waals surface area contributed by atoms with Gasteiger partial charge in [-0.3, -0.25) is 9.48 Å². The van der Waals surface area contributed by atoms with Gasteiger partial charge >= 0.3 is 0 Å². The van der Waals surface area contributed by atoms with Crippen molar-refractivity contribution in [2.75, 3.05) is 6.54 Å². The summed E-state index contributed by atoms with van der Waals surface area (Å²) in [6.45, 7) is 6.76. The lowest BCUT2D eigenvalue weighted by molar-refractivity contribution is -0.121. The van der Waals surface area contributed by atoms with Crippen LogP contribution in [0.4, 0.5) is 0 Å². The van der Waals surface area contributed by atoms with Crippen molar-refractivity contribution in [3.63, 3.8) is 0 Å². The van der Waals surface area contributed by atoms with Gasteiger partial charge in [-0.15, -0.1) is 0 Å². The van der Waals surface area contributed by atoms with Gasteiger partial charge in [-0.05, 0) is 26.3 Å². The Morgan fingerprint density at radius 2 is 2.26 bits per heavy atom. The van der Waals surface area contributed by atoms with E-state index in [4.69, 9.17) is 0 Å². The molecule has 0 saturated heterocycles. The van der Waals surface area contributed by atoms with Crippen LogP contribution in [0, 0.1) is 13.8 Å². The molecule has 2 aromatic rings. The van der Waals surface area contributed by atoms with Gasteiger partial charge in [0.1, 0.15) is 12.4 Å². The monoisotopic (exact) mass is 261 g/mol. The molecule has 6 nitrogen and oxygen atoms in total. The highest BCUT2D eigenvalue weighted by Gasteiger charge is 2.09. The average Bonchev–Trinajstić information content (AvgIpc) is 2.96. The van der Waals surface area contributed by atoms with Crippen molar-refractivity contribution in [2.24, 2.45) is 0 Å². The standard InChI is InChI=1S/C13H19N5O/c1-10-6-16-18(8-10)11(2)7-15-13(19)9-17-5-4-14-12(17)3/h4-6,8,11H,7,9H2,1-3H3,(H,15,19). The molecular weight excluding hydrogens is 242 g/mol. The minimum absolute atomic E-state index is 0.0168. The third-order valence-corrected chi connectivity index (χ3v) is 3.01. The second kappa shape index (κ2) is 5.69. The fourth-order valence-electron chi connectivity index (χ4n) is 1.81. The van der Waals surface area contributed by atoms with E-state index in [1.165, 1.54) is 0 Å². The van der Waals surface area contributed by atoms with Crippen molar-refractivity contribution in [2.45, 2.75) is 33.4 Å². The Morgan fingerprint density at radius 3 is 2.84 bits per heavy atom. The van der Waals surface area contributed by atoms with Crippen LogP contribution in [0.25, 0.3) is 0 Å². The number of aryl methyl sites for hydroxylation is 2. The maximum absolute atomic E-state index is 11.8. The predicted octanol–water partition coefficient (Wildman–Crippen LogP) is 1.07. The lowest BCUT2D eigenvalue weighted by Gasteiger charge is -2.13. The second-order valence-corrected chi connectivity index (χ2v) is 4.75. The van der Waals surface area contributed by atoms with E-state index in [9.17, 15) is 4.79 Å². The van der Waals surface area contributed by atoms with Gasteiger partial charge in [-0.25, -0.2) is 4.98 Å². The molecule has 0 spiro atoms. The first kappa shape index (κ1) is 13.3. The number of rotatable bonds is 5. The Bertz CT molecular complexity index is 557. The average molecular weight is 261 g/mol. The molecule has 1 N–H and O–H groups in total. The molecule has 6 heteroatoms. The highest BCUT2D eigenvalue weighted by Crippen LogP contribution is 2.04. The Labute approximate surface area is 112 Å². The molecule has 1 unspecified atom stereocenters. The first-order valence-electron chi connectivity index (χ1n) is 6.31. The number of amides is 1. The molecule has 0 radical (unpaired) electrons. The van der Waals surface area contributed by atoms with Crippen molar-refractivity contribution in [3.05, 3.63) is 36.2 Å². The second-order valence-electron chi connectivity index (χ2n) is 4.75. The topological polar surface area (TPSA) is 64.7 Å². The van der Waals surface area contributed by atoms with E-state index in [2.05, 4.69) is 15.4 Å². The normalized spacial score (nSPS) is 12.4. The highest BCUT2D eigenvalue weighted by molar-refractivity contribution is 5.75. The van der Waals surface area contributed by atoms with Crippen LogP contribution in [0.15, 0.2) is 24.8 Å². The summed E-state index contributed by atoms with van der Waals surface area (Å²) in [7, 11) is 0. The van der Waals surface area contributed by atoms with E-state index in [1.807, 2.05) is 42.4 Å². The number of aromatic nitrogens is 4. The number of nitrogens with zero attached hydrogens (tertiary/aromatic N) is 4. The number of imidazole rings is 1. The summed E-state index contributed by atoms with van der Waals surface area (Å²) in [5.41, 5.74) is 1.12. The molecule has 0 aliphatic rings. The molecule has 19 heavy (non-hydrogen) atoms. The summed E-state index contributed by atoms with van der Waals surface area (Å²) in [6, 6.07) is 0.140. The SMILES string of the molecule is Cc1cnn(C(C)CNC(=O)Cn2ccnc2C)c1. The van der Waals surface area contributed by atoms with Gasteiger partial charge < -0.3 is 9.88 Å². The minimum atomic E-state index is -0.0168. The smallest absolute Gasteiger partial charge is 0.240 e. The third kappa shape index (κ3) is 3.43. The maximum Gasteiger partial charge on any atom is 0.240 e. The fourth-order valence-corrected chi connectivity index (χ4v) is 1.81. The van der Waals surface area contributed by atoms with Gasteiger partial charge in [0.25, 0.3) is 0 Å². The third-order valence-electron chi connectivity index (χ3n) is 3.01. The molecule has 0 aromatic carbocycles. The fraction of sp³-hybridized carbons (Fsp3) is 0.462. The van der Waals surface area contributed by atoms with Gasteiger partial charge in [0.15, 0.2) is 0 Å². The van der Waals surface area contributed by atoms with Crippen LogP contribution < -0.4 is 5.32 Å². The van der Waals surface area contributed by atoms with Gasteiger partial charge in [0.2, 0.25) is 5.91 Å². The van der Waals surface area contributed by atoms with E-state index in [0.717, 1.165) is 11.4 Å². The molecule has 0 aliphatic heterocycles. The number of hydrogen-bond donors (Lipinski definition) is 1. The Kier molecular flexibility index (Phi) is 3.99. The lowest BCUT2D eigenvalue weighted by Crippen LogP contribution is -2.32. The molecule has 2 heterocycles. The minimum Gasteiger partial charge on any atom is -0.352 e. The number of carbonyl (C=O) groups is 1. The van der Waals surface area contributed by atoms with E-state index in [-0.39, 0.29) is 11.9 Å². The van der Waals surface area contributed by atoms with E-state index >= 15 is 0 Å². The largest absolute Gasteiger partial charge is 0.352 e. The molecule has 1 amide bonds. The van der Waals surface area contributed by atoms with E-state index < -0.39 is 0 Å². The molecule has 0 bridgehead atoms. The molecule has 2 aromatic heterocycles. The summed E-state index contributed by atoms with van der Waals surface area (Å²) < 4.78 is 3.68. The van der Waals surface area contributed by atoms with Crippen molar-refractivity contribution in [1.82, 2.24) is 24.6 Å². The molecule has 2 rings (SSSR count). The highest BCUT2D eigenvalue weighted by atomic mass is 16.1. The molecule has 1 atom stereocenters. The first-order chi connectivity index (χ1) is 9.06. The Morgan fingerprint density at radius 1 is 1.47 bits per heavy atom. The summed E-state index contributed by atoms with van der Waals surface area (Å²) in [5.74, 6) is 0.822. The zero-order chi connectivity index (χ0) is 13.8. The van der Waals surface area contributed by atoms with Crippen molar-refractivity contribution >= 4 is 5.91 Å². The van der Waals surface area contributed by atoms with Crippen LogP contribution in [0.2, 0.25) is 0 Å². The molecular formula is C13H19N5O. The molecule has 0 saturated carbocycles. The van der Waals surface area contributed by atoms with Crippen LogP contribution >= 0.6 is 0 Å². The van der Waals surface area contributed by atoms with Gasteiger partial charge in [-0.1, -0.05) is 0 Å². The van der Waals surface area contributed by atoms with Crippen molar-refractivity contribution in [1.29, 1.82) is 0 Å². The Balaban J connectivity index is 1.82. The van der Waals surface area contributed by atoms with Crippen LogP contribution in [-0.2, 0) is 11.3 Å². The number of carbonyl (C=O) groups excluding carboxylic acids is 1. The number of hydrogen-bond acceptors (Lipinski definition) is 3. The maximum atomic E-state index is 11.8. The van der Waals surface area contributed by atoms with Crippen molar-refractivity contribution < 1.29 is 4.79 Å². The first-order valence-corrected chi connectivity index (χ1v) is 6.31. The van der Waals surface area contributed by atoms with Gasteiger partial charge in [0, 0.05) is 25.1 Å². The Hall–Kier alpha value is -2.11. The van der Waals surface area contributed by atoms with Crippen LogP contribution in [0.3, 0.4) is 0 Å². The summed E-state index contributed by atoms with van der Waals surface area (Å²) >= 11 is 0. The molecule has 102 valence electrons. The lowest BCUT2D eigenvalue weighted by atomic mass is 10.3. The van der Waals surface area contributed by atoms with Crippen molar-refractivity contribution in [3.8, 4) is 0 Å². The molecule has 0 aliphatic carbocycles. The predicted molar refractivity (Wildman–Crippen MR) is 71.6 cm³/mol. The molecule has 0 fully saturated rings. The number of nitrogens with one attached hydrogen (secondary N) is 1. The summed E-state index contributed by atoms with van der Waals surface area (Å²) in [6.07, 6.45) is 7.27. The van der Waals surface area contributed by atoms with Crippen LogP contribution in [0.5, 0.6) is 0 Å². The van der Waals surface area contributed by atoms with Crippen LogP contribution in [0.1, 0.15) is 24.4 Å². The quantitative estimate of drug-likeness (QED) is 0.875. The van der Waals surface area contributed by atoms with Gasteiger partial charge in [-0.2, -0.15) is 5.10 Å². The summed E-state index contributed by atoms with van der Waals surface area (Å²) in [5, 5.41) is 7.14. The van der Waals surface area contributed by atoms with E-state index in [1.54, 1.807) is 12.4 Å². The van der Waals surface area contributed by atoms with Crippen LogP contribution in [-0.4, -0.2) is 31.8 Å². The zero-order valence-corrected chi connectivity index (χ0v) is 11.5. The van der Waals surface area contributed by atoms with Gasteiger partial charge in [0.05, 0.1) is 12.2 Å². The van der Waals surface area contributed by atoms with E-state index in [0.29, 0.717) is 13.1 Å². The summed E-state index contributed by atoms with van der Waals surface area (Å²) in [4.78, 5) is 15.9. The zero-order valence-electron chi connectivity index (χ0n) is 11.5.